The molecular weight excluding hydrogens is 302 g/mol. The molecule has 1 aromatic heterocycles. The van der Waals surface area contributed by atoms with E-state index in [-0.39, 0.29) is 11.5 Å². The summed E-state index contributed by atoms with van der Waals surface area (Å²) in [6.07, 6.45) is 0. The zero-order chi connectivity index (χ0) is 17.3. The first kappa shape index (κ1) is 15.9. The Kier molecular flexibility index (Phi) is 4.16. The highest BCUT2D eigenvalue weighted by Crippen LogP contribution is 2.13. The van der Waals surface area contributed by atoms with Gasteiger partial charge in [-0.2, -0.15) is 0 Å². The first-order chi connectivity index (χ1) is 11.5. The van der Waals surface area contributed by atoms with Crippen LogP contribution in [0.5, 0.6) is 0 Å². The van der Waals surface area contributed by atoms with E-state index in [0.29, 0.717) is 28.8 Å². The Hall–Kier alpha value is -2.95. The smallest absolute Gasteiger partial charge is 0.272 e. The molecule has 5 nitrogen and oxygen atoms in total. The first-order valence-corrected chi connectivity index (χ1v) is 7.77. The van der Waals surface area contributed by atoms with Gasteiger partial charge < -0.3 is 9.88 Å². The number of benzene rings is 2. The lowest BCUT2D eigenvalue weighted by Crippen LogP contribution is -2.24. The van der Waals surface area contributed by atoms with Gasteiger partial charge in [-0.3, -0.25) is 9.59 Å². The predicted molar refractivity (Wildman–Crippen MR) is 94.1 cm³/mol. The fraction of sp³-hybridized carbons (Fsp3) is 0.211. The lowest BCUT2D eigenvalue weighted by molar-refractivity contribution is 0.0951. The predicted octanol–water partition coefficient (Wildman–Crippen LogP) is 2.48. The Labute approximate surface area is 140 Å². The molecule has 1 N–H and O–H groups in total. The number of aromatic nitrogens is 2. The Bertz CT molecular complexity index is 990. The number of aryl methyl sites for hydroxylation is 3. The van der Waals surface area contributed by atoms with Crippen molar-refractivity contribution in [3.8, 4) is 0 Å². The summed E-state index contributed by atoms with van der Waals surface area (Å²) in [5, 5.41) is 2.91. The van der Waals surface area contributed by atoms with E-state index in [1.54, 1.807) is 36.7 Å². The number of carbonyl (C=O) groups excluding carboxylic acids is 1. The zero-order valence-electron chi connectivity index (χ0n) is 14.0. The summed E-state index contributed by atoms with van der Waals surface area (Å²) < 4.78 is 1.55. The van der Waals surface area contributed by atoms with Crippen molar-refractivity contribution in [2.24, 2.45) is 7.05 Å². The number of nitrogens with one attached hydrogen (secondary N) is 1. The Morgan fingerprint density at radius 2 is 1.96 bits per heavy atom. The van der Waals surface area contributed by atoms with E-state index in [2.05, 4.69) is 10.3 Å². The highest BCUT2D eigenvalue weighted by Gasteiger charge is 2.10. The summed E-state index contributed by atoms with van der Waals surface area (Å²) in [6.45, 7) is 4.16. The molecule has 0 radical (unpaired) electrons. The highest BCUT2D eigenvalue weighted by molar-refractivity contribution is 5.97. The van der Waals surface area contributed by atoms with Gasteiger partial charge in [0.15, 0.2) is 0 Å². The van der Waals surface area contributed by atoms with Gasteiger partial charge in [0.1, 0.15) is 5.69 Å². The third kappa shape index (κ3) is 3.06. The summed E-state index contributed by atoms with van der Waals surface area (Å²) in [7, 11) is 1.71. The van der Waals surface area contributed by atoms with E-state index < -0.39 is 0 Å². The van der Waals surface area contributed by atoms with Crippen LogP contribution >= 0.6 is 0 Å². The van der Waals surface area contributed by atoms with Crippen LogP contribution in [-0.4, -0.2) is 15.5 Å². The average molecular weight is 321 g/mol. The van der Waals surface area contributed by atoms with Gasteiger partial charge in [-0.25, -0.2) is 4.98 Å². The van der Waals surface area contributed by atoms with Crippen LogP contribution in [-0.2, 0) is 13.6 Å². The van der Waals surface area contributed by atoms with Gasteiger partial charge in [-0.05, 0) is 37.6 Å². The number of hydrogen-bond donors (Lipinski definition) is 1. The normalized spacial score (nSPS) is 10.8. The van der Waals surface area contributed by atoms with Crippen molar-refractivity contribution in [2.75, 3.05) is 0 Å². The van der Waals surface area contributed by atoms with Gasteiger partial charge in [0.2, 0.25) is 0 Å². The second-order valence-electron chi connectivity index (χ2n) is 5.94. The number of fused-ring (bicyclic) bond motifs is 1. The minimum absolute atomic E-state index is 0.126. The van der Waals surface area contributed by atoms with Gasteiger partial charge >= 0.3 is 0 Å². The van der Waals surface area contributed by atoms with Gasteiger partial charge in [0, 0.05) is 19.2 Å². The number of amides is 1. The molecule has 0 saturated carbocycles. The highest BCUT2D eigenvalue weighted by atomic mass is 16.1. The molecule has 0 atom stereocenters. The summed E-state index contributed by atoms with van der Waals surface area (Å²) in [5.74, 6) is -0.160. The molecule has 5 heteroatoms. The van der Waals surface area contributed by atoms with Crippen molar-refractivity contribution in [2.45, 2.75) is 20.4 Å². The van der Waals surface area contributed by atoms with E-state index in [1.165, 1.54) is 0 Å². The average Bonchev–Trinajstić information content (AvgIpc) is 2.57. The molecule has 0 fully saturated rings. The van der Waals surface area contributed by atoms with Crippen molar-refractivity contribution >= 4 is 16.9 Å². The van der Waals surface area contributed by atoms with Gasteiger partial charge in [-0.1, -0.05) is 29.8 Å². The largest absolute Gasteiger partial charge is 0.348 e. The number of hydrogen-bond acceptors (Lipinski definition) is 3. The van der Waals surface area contributed by atoms with Crippen LogP contribution in [0, 0.1) is 13.8 Å². The van der Waals surface area contributed by atoms with Gasteiger partial charge in [0.25, 0.3) is 11.5 Å². The van der Waals surface area contributed by atoms with E-state index in [0.717, 1.165) is 11.1 Å². The maximum Gasteiger partial charge on any atom is 0.272 e. The number of nitrogens with zero attached hydrogens (tertiary/aromatic N) is 2. The minimum Gasteiger partial charge on any atom is -0.348 e. The Morgan fingerprint density at radius 3 is 2.71 bits per heavy atom. The van der Waals surface area contributed by atoms with Crippen LogP contribution in [0.1, 0.15) is 27.2 Å². The fourth-order valence-electron chi connectivity index (χ4n) is 2.72. The van der Waals surface area contributed by atoms with E-state index in [1.807, 2.05) is 31.2 Å². The van der Waals surface area contributed by atoms with E-state index in [9.17, 15) is 9.59 Å². The molecule has 3 aromatic rings. The topological polar surface area (TPSA) is 64.0 Å². The van der Waals surface area contributed by atoms with Crippen LogP contribution in [0.2, 0.25) is 0 Å². The Morgan fingerprint density at radius 1 is 1.17 bits per heavy atom. The summed E-state index contributed by atoms with van der Waals surface area (Å²) in [6, 6.07) is 13.2. The summed E-state index contributed by atoms with van der Waals surface area (Å²) in [4.78, 5) is 28.6. The second kappa shape index (κ2) is 6.28. The second-order valence-corrected chi connectivity index (χ2v) is 5.94. The van der Waals surface area contributed by atoms with Crippen LogP contribution in [0.25, 0.3) is 11.0 Å². The molecule has 1 heterocycles. The molecule has 24 heavy (non-hydrogen) atoms. The third-order valence-corrected chi connectivity index (χ3v) is 4.04. The van der Waals surface area contributed by atoms with Gasteiger partial charge in [-0.15, -0.1) is 0 Å². The van der Waals surface area contributed by atoms with E-state index >= 15 is 0 Å². The van der Waals surface area contributed by atoms with Crippen LogP contribution in [0.3, 0.4) is 0 Å². The first-order valence-electron chi connectivity index (χ1n) is 7.77. The molecule has 0 aliphatic heterocycles. The number of carbonyl (C=O) groups is 1. The maximum atomic E-state index is 12.4. The molecule has 0 aliphatic rings. The minimum atomic E-state index is -0.160. The molecule has 122 valence electrons. The van der Waals surface area contributed by atoms with Crippen molar-refractivity contribution in [1.29, 1.82) is 0 Å². The Balaban J connectivity index is 1.85. The zero-order valence-corrected chi connectivity index (χ0v) is 14.0. The molecule has 0 aliphatic carbocycles. The molecule has 0 spiro atoms. The van der Waals surface area contributed by atoms with Crippen molar-refractivity contribution < 1.29 is 4.79 Å². The fourth-order valence-corrected chi connectivity index (χ4v) is 2.72. The van der Waals surface area contributed by atoms with Crippen molar-refractivity contribution in [3.63, 3.8) is 0 Å². The number of rotatable bonds is 3. The molecular formula is C19H19N3O2. The summed E-state index contributed by atoms with van der Waals surface area (Å²) >= 11 is 0. The molecule has 0 saturated heterocycles. The monoisotopic (exact) mass is 321 g/mol. The maximum absolute atomic E-state index is 12.4. The SMILES string of the molecule is Cc1cccc(CNC(=O)c2ccc3c(c2)nc(C)c(=O)n3C)c1. The standard InChI is InChI=1S/C19H19N3O2/c1-12-5-4-6-14(9-12)11-20-18(23)15-7-8-17-16(10-15)21-13(2)19(24)22(17)3/h4-10H,11H2,1-3H3,(H,20,23). The molecule has 3 rings (SSSR count). The van der Waals surface area contributed by atoms with Crippen molar-refractivity contribution in [3.05, 3.63) is 75.2 Å². The molecule has 2 aromatic carbocycles. The lowest BCUT2D eigenvalue weighted by atomic mass is 10.1. The third-order valence-electron chi connectivity index (χ3n) is 4.04. The lowest BCUT2D eigenvalue weighted by Gasteiger charge is -2.09. The van der Waals surface area contributed by atoms with E-state index in [4.69, 9.17) is 0 Å². The van der Waals surface area contributed by atoms with Crippen molar-refractivity contribution in [1.82, 2.24) is 14.9 Å². The molecule has 1 amide bonds. The summed E-state index contributed by atoms with van der Waals surface area (Å²) in [5.41, 5.74) is 4.38. The van der Waals surface area contributed by atoms with Gasteiger partial charge in [0.05, 0.1) is 11.0 Å². The molecule has 0 unspecified atom stereocenters. The van der Waals surface area contributed by atoms with Crippen LogP contribution < -0.4 is 10.9 Å². The van der Waals surface area contributed by atoms with Crippen LogP contribution in [0.4, 0.5) is 0 Å². The molecule has 0 bridgehead atoms. The quantitative estimate of drug-likeness (QED) is 0.806. The van der Waals surface area contributed by atoms with Crippen LogP contribution in [0.15, 0.2) is 47.3 Å².